The van der Waals surface area contributed by atoms with Crippen LogP contribution in [0.2, 0.25) is 0 Å². The Bertz CT molecular complexity index is 555. The van der Waals surface area contributed by atoms with Crippen LogP contribution < -0.4 is 5.32 Å². The van der Waals surface area contributed by atoms with E-state index in [-0.39, 0.29) is 11.7 Å². The summed E-state index contributed by atoms with van der Waals surface area (Å²) < 4.78 is 12.9. The van der Waals surface area contributed by atoms with Gasteiger partial charge in [0, 0.05) is 11.4 Å². The Morgan fingerprint density at radius 3 is 2.71 bits per heavy atom. The van der Waals surface area contributed by atoms with Crippen LogP contribution in [0, 0.1) is 12.7 Å². The average molecular weight is 230 g/mol. The Labute approximate surface area is 98.3 Å². The number of rotatable bonds is 2. The summed E-state index contributed by atoms with van der Waals surface area (Å²) >= 11 is 0. The van der Waals surface area contributed by atoms with Crippen LogP contribution in [-0.2, 0) is 0 Å². The van der Waals surface area contributed by atoms with Gasteiger partial charge in [-0.1, -0.05) is 12.1 Å². The van der Waals surface area contributed by atoms with E-state index in [0.717, 1.165) is 5.69 Å². The first kappa shape index (κ1) is 11.3. The quantitative estimate of drug-likeness (QED) is 0.861. The maximum atomic E-state index is 12.9. The lowest BCUT2D eigenvalue weighted by Gasteiger charge is -2.04. The number of halogens is 1. The monoisotopic (exact) mass is 230 g/mol. The zero-order valence-corrected chi connectivity index (χ0v) is 9.27. The molecule has 0 spiro atoms. The Kier molecular flexibility index (Phi) is 3.14. The van der Waals surface area contributed by atoms with E-state index >= 15 is 0 Å². The maximum absolute atomic E-state index is 12.9. The number of nitrogens with one attached hydrogen (secondary N) is 1. The number of hydrogen-bond donors (Lipinski definition) is 1. The van der Waals surface area contributed by atoms with Crippen molar-refractivity contribution in [1.82, 2.24) is 4.98 Å². The van der Waals surface area contributed by atoms with Gasteiger partial charge < -0.3 is 5.32 Å². The predicted octanol–water partition coefficient (Wildman–Crippen LogP) is 2.78. The van der Waals surface area contributed by atoms with Crippen LogP contribution >= 0.6 is 0 Å². The third-order valence-electron chi connectivity index (χ3n) is 2.20. The first-order chi connectivity index (χ1) is 8.15. The lowest BCUT2D eigenvalue weighted by Crippen LogP contribution is -2.13. The molecule has 1 N–H and O–H groups in total. The summed E-state index contributed by atoms with van der Waals surface area (Å²) in [6, 6.07) is 10.9. The summed E-state index contributed by atoms with van der Waals surface area (Å²) in [6.45, 7) is 1.80. The SMILES string of the molecule is Cc1cccc(C(=O)Nc2cccc(F)c2)n1. The van der Waals surface area contributed by atoms with Crippen LogP contribution in [0.5, 0.6) is 0 Å². The summed E-state index contributed by atoms with van der Waals surface area (Å²) in [5.41, 5.74) is 1.49. The minimum absolute atomic E-state index is 0.314. The van der Waals surface area contributed by atoms with E-state index < -0.39 is 0 Å². The normalized spacial score (nSPS) is 10.0. The molecule has 3 nitrogen and oxygen atoms in total. The number of pyridine rings is 1. The van der Waals surface area contributed by atoms with Crippen molar-refractivity contribution in [3.8, 4) is 0 Å². The number of amides is 1. The topological polar surface area (TPSA) is 42.0 Å². The van der Waals surface area contributed by atoms with Gasteiger partial charge in [-0.05, 0) is 37.3 Å². The minimum atomic E-state index is -0.389. The Balaban J connectivity index is 2.17. The standard InChI is InChI=1S/C13H11FN2O/c1-9-4-2-7-12(15-9)13(17)16-11-6-3-5-10(14)8-11/h2-8H,1H3,(H,16,17). The highest BCUT2D eigenvalue weighted by Gasteiger charge is 2.07. The lowest BCUT2D eigenvalue weighted by atomic mass is 10.2. The molecule has 1 heterocycles. The maximum Gasteiger partial charge on any atom is 0.274 e. The lowest BCUT2D eigenvalue weighted by molar-refractivity contribution is 0.102. The molecular weight excluding hydrogens is 219 g/mol. The zero-order chi connectivity index (χ0) is 12.3. The molecule has 0 unspecified atom stereocenters. The van der Waals surface area contributed by atoms with Gasteiger partial charge in [-0.2, -0.15) is 0 Å². The molecule has 2 rings (SSSR count). The van der Waals surface area contributed by atoms with E-state index in [4.69, 9.17) is 0 Å². The van der Waals surface area contributed by atoms with Gasteiger partial charge in [-0.25, -0.2) is 9.37 Å². The van der Waals surface area contributed by atoms with Crippen LogP contribution in [-0.4, -0.2) is 10.9 Å². The smallest absolute Gasteiger partial charge is 0.274 e. The summed E-state index contributed by atoms with van der Waals surface area (Å²) in [5, 5.41) is 2.58. The fourth-order valence-corrected chi connectivity index (χ4v) is 1.43. The molecule has 1 amide bonds. The summed E-state index contributed by atoms with van der Waals surface area (Å²) in [7, 11) is 0. The van der Waals surface area contributed by atoms with E-state index in [1.165, 1.54) is 18.2 Å². The Morgan fingerprint density at radius 2 is 2.00 bits per heavy atom. The number of aryl methyl sites for hydroxylation is 1. The van der Waals surface area contributed by atoms with E-state index in [9.17, 15) is 9.18 Å². The minimum Gasteiger partial charge on any atom is -0.321 e. The molecule has 0 saturated carbocycles. The number of anilines is 1. The van der Waals surface area contributed by atoms with Crippen LogP contribution in [0.4, 0.5) is 10.1 Å². The molecule has 4 heteroatoms. The molecule has 0 bridgehead atoms. The zero-order valence-electron chi connectivity index (χ0n) is 9.27. The van der Waals surface area contributed by atoms with Gasteiger partial charge in [-0.15, -0.1) is 0 Å². The van der Waals surface area contributed by atoms with Gasteiger partial charge >= 0.3 is 0 Å². The molecule has 2 aromatic rings. The van der Waals surface area contributed by atoms with Crippen LogP contribution in [0.25, 0.3) is 0 Å². The highest BCUT2D eigenvalue weighted by atomic mass is 19.1. The molecule has 1 aromatic carbocycles. The van der Waals surface area contributed by atoms with Gasteiger partial charge in [0.05, 0.1) is 0 Å². The van der Waals surface area contributed by atoms with Crippen LogP contribution in [0.15, 0.2) is 42.5 Å². The fourth-order valence-electron chi connectivity index (χ4n) is 1.43. The number of benzene rings is 1. The van der Waals surface area contributed by atoms with Gasteiger partial charge in [0.25, 0.3) is 5.91 Å². The van der Waals surface area contributed by atoms with Crippen LogP contribution in [0.1, 0.15) is 16.2 Å². The van der Waals surface area contributed by atoms with Crippen molar-refractivity contribution in [2.24, 2.45) is 0 Å². The largest absolute Gasteiger partial charge is 0.321 e. The fraction of sp³-hybridized carbons (Fsp3) is 0.0769. The van der Waals surface area contributed by atoms with E-state index in [2.05, 4.69) is 10.3 Å². The number of aromatic nitrogens is 1. The third kappa shape index (κ3) is 2.87. The van der Waals surface area contributed by atoms with Crippen molar-refractivity contribution in [2.45, 2.75) is 6.92 Å². The molecule has 0 aliphatic heterocycles. The van der Waals surface area contributed by atoms with Gasteiger partial charge in [0.2, 0.25) is 0 Å². The number of carbonyl (C=O) groups is 1. The summed E-state index contributed by atoms with van der Waals surface area (Å²) in [5.74, 6) is -0.737. The van der Waals surface area contributed by atoms with E-state index in [1.54, 1.807) is 31.2 Å². The molecule has 0 fully saturated rings. The number of nitrogens with zero attached hydrogens (tertiary/aromatic N) is 1. The second kappa shape index (κ2) is 4.74. The molecule has 17 heavy (non-hydrogen) atoms. The van der Waals surface area contributed by atoms with Crippen molar-refractivity contribution >= 4 is 11.6 Å². The van der Waals surface area contributed by atoms with Gasteiger partial charge in [-0.3, -0.25) is 4.79 Å². The second-order valence-electron chi connectivity index (χ2n) is 3.63. The molecule has 0 saturated heterocycles. The number of carbonyl (C=O) groups excluding carboxylic acids is 1. The summed E-state index contributed by atoms with van der Waals surface area (Å²) in [6.07, 6.45) is 0. The first-order valence-corrected chi connectivity index (χ1v) is 5.16. The van der Waals surface area contributed by atoms with Crippen molar-refractivity contribution < 1.29 is 9.18 Å². The predicted molar refractivity (Wildman–Crippen MR) is 63.3 cm³/mol. The van der Waals surface area contributed by atoms with Crippen molar-refractivity contribution in [1.29, 1.82) is 0 Å². The molecule has 0 radical (unpaired) electrons. The van der Waals surface area contributed by atoms with Crippen LogP contribution in [0.3, 0.4) is 0 Å². The van der Waals surface area contributed by atoms with Crippen molar-refractivity contribution in [3.63, 3.8) is 0 Å². The molecule has 0 aliphatic rings. The highest BCUT2D eigenvalue weighted by molar-refractivity contribution is 6.02. The Hall–Kier alpha value is -2.23. The van der Waals surface area contributed by atoms with E-state index in [1.807, 2.05) is 0 Å². The summed E-state index contributed by atoms with van der Waals surface area (Å²) in [4.78, 5) is 15.9. The Morgan fingerprint density at radius 1 is 1.24 bits per heavy atom. The first-order valence-electron chi connectivity index (χ1n) is 5.16. The van der Waals surface area contributed by atoms with E-state index in [0.29, 0.717) is 11.4 Å². The van der Waals surface area contributed by atoms with Gasteiger partial charge in [0.1, 0.15) is 11.5 Å². The molecule has 0 aliphatic carbocycles. The molecular formula is C13H11FN2O. The van der Waals surface area contributed by atoms with Crippen molar-refractivity contribution in [2.75, 3.05) is 5.32 Å². The van der Waals surface area contributed by atoms with Crippen molar-refractivity contribution in [3.05, 3.63) is 59.7 Å². The van der Waals surface area contributed by atoms with Gasteiger partial charge in [0.15, 0.2) is 0 Å². The molecule has 0 atom stereocenters. The molecule has 1 aromatic heterocycles. The number of hydrogen-bond acceptors (Lipinski definition) is 2. The molecule has 86 valence electrons. The average Bonchev–Trinajstić information content (AvgIpc) is 2.29. The second-order valence-corrected chi connectivity index (χ2v) is 3.63. The third-order valence-corrected chi connectivity index (χ3v) is 2.20. The highest BCUT2D eigenvalue weighted by Crippen LogP contribution is 2.10.